The Morgan fingerprint density at radius 3 is 2.56 bits per heavy atom. The maximum atomic E-state index is 10.9. The van der Waals surface area contributed by atoms with Crippen molar-refractivity contribution >= 4 is 17.8 Å². The van der Waals surface area contributed by atoms with Crippen LogP contribution in [0.2, 0.25) is 0 Å². The van der Waals surface area contributed by atoms with E-state index in [0.29, 0.717) is 13.0 Å². The molecule has 0 bridgehead atoms. The van der Waals surface area contributed by atoms with Gasteiger partial charge in [-0.1, -0.05) is 4.68 Å². The highest BCUT2D eigenvalue weighted by Crippen LogP contribution is 2.10. The summed E-state index contributed by atoms with van der Waals surface area (Å²) in [4.78, 5) is 9.97. The van der Waals surface area contributed by atoms with Gasteiger partial charge in [0.1, 0.15) is 0 Å². The lowest BCUT2D eigenvalue weighted by Gasteiger charge is -1.91. The van der Waals surface area contributed by atoms with Gasteiger partial charge in [-0.25, -0.2) is 0 Å². The number of nitro groups is 1. The molecule has 16 heavy (non-hydrogen) atoms. The van der Waals surface area contributed by atoms with Crippen LogP contribution in [0.25, 0.3) is 0 Å². The first kappa shape index (κ1) is 10.3. The average Bonchev–Trinajstić information content (AvgIpc) is 2.65. The molecule has 0 aliphatic carbocycles. The Morgan fingerprint density at radius 2 is 2.06 bits per heavy atom. The van der Waals surface area contributed by atoms with Gasteiger partial charge in [0.25, 0.3) is 5.69 Å². The van der Waals surface area contributed by atoms with Crippen molar-refractivity contribution in [2.24, 2.45) is 5.10 Å². The van der Waals surface area contributed by atoms with E-state index in [1.165, 1.54) is 12.1 Å². The first-order chi connectivity index (χ1) is 7.65. The van der Waals surface area contributed by atoms with Crippen LogP contribution in [0.3, 0.4) is 0 Å². The Kier molecular flexibility index (Phi) is 2.63. The summed E-state index contributed by atoms with van der Waals surface area (Å²) < 4.78 is 1.55. The topological polar surface area (TPSA) is 81.6 Å². The number of nitrogens with zero attached hydrogens (tertiary/aromatic N) is 3. The van der Waals surface area contributed by atoms with E-state index in [2.05, 4.69) is 5.10 Å². The largest absolute Gasteiger partial charge is 0.857 e. The molecule has 2 rings (SSSR count). The highest BCUT2D eigenvalue weighted by Gasteiger charge is 2.11. The molecule has 0 atom stereocenters. The monoisotopic (exact) mass is 219 g/mol. The van der Waals surface area contributed by atoms with Gasteiger partial charge >= 0.3 is 0 Å². The van der Waals surface area contributed by atoms with E-state index in [-0.39, 0.29) is 11.6 Å². The second kappa shape index (κ2) is 4.09. The molecule has 0 saturated heterocycles. The van der Waals surface area contributed by atoms with Crippen molar-refractivity contribution in [3.63, 3.8) is 0 Å². The van der Waals surface area contributed by atoms with E-state index < -0.39 is 4.92 Å². The summed E-state index contributed by atoms with van der Waals surface area (Å²) in [6, 6.07) is 6.08. The first-order valence-corrected chi connectivity index (χ1v) is 4.75. The van der Waals surface area contributed by atoms with Crippen LogP contribution in [0.4, 0.5) is 5.69 Å². The zero-order valence-electron chi connectivity index (χ0n) is 8.37. The summed E-state index contributed by atoms with van der Waals surface area (Å²) in [5.41, 5.74) is 0.829. The van der Waals surface area contributed by atoms with Crippen LogP contribution in [0.5, 0.6) is 0 Å². The number of non-ortho nitro benzene ring substituents is 1. The second-order valence-corrected chi connectivity index (χ2v) is 3.38. The zero-order chi connectivity index (χ0) is 11.5. The molecule has 1 heterocycles. The van der Waals surface area contributed by atoms with Gasteiger partial charge in [-0.2, -0.15) is 0 Å². The Hall–Kier alpha value is -2.24. The molecule has 0 unspecified atom stereocenters. The van der Waals surface area contributed by atoms with Gasteiger partial charge in [-0.3, -0.25) is 10.1 Å². The summed E-state index contributed by atoms with van der Waals surface area (Å²) in [5, 5.41) is 25.0. The summed E-state index contributed by atoms with van der Waals surface area (Å²) in [5.74, 6) is -0.141. The standard InChI is InChI=1S/C10H9N3O3/c14-10-5-6-12(11-10)7-8-1-3-9(4-2-8)13(15)16/h1-4,7H,5-6H2/b12-7+. The number of hydrogen-bond acceptors (Lipinski definition) is 4. The first-order valence-electron chi connectivity index (χ1n) is 4.75. The van der Waals surface area contributed by atoms with Crippen molar-refractivity contribution in [1.29, 1.82) is 0 Å². The second-order valence-electron chi connectivity index (χ2n) is 3.38. The van der Waals surface area contributed by atoms with Crippen molar-refractivity contribution in [3.8, 4) is 0 Å². The maximum Gasteiger partial charge on any atom is 0.269 e. The van der Waals surface area contributed by atoms with E-state index in [4.69, 9.17) is 0 Å². The predicted octanol–water partition coefficient (Wildman–Crippen LogP) is 0.104. The molecule has 1 aliphatic rings. The SMILES string of the molecule is O=[N+]([O-])c1ccc(/C=[N+]2\CCC([O-])=N2)cc1. The summed E-state index contributed by atoms with van der Waals surface area (Å²) in [7, 11) is 0. The van der Waals surface area contributed by atoms with Gasteiger partial charge in [0.2, 0.25) is 6.21 Å². The molecule has 1 aromatic carbocycles. The molecule has 0 radical (unpaired) electrons. The predicted molar refractivity (Wildman–Crippen MR) is 55.4 cm³/mol. The van der Waals surface area contributed by atoms with Crippen LogP contribution in [0.15, 0.2) is 29.4 Å². The van der Waals surface area contributed by atoms with Gasteiger partial charge in [0.05, 0.1) is 4.92 Å². The third-order valence-electron chi connectivity index (χ3n) is 2.20. The Morgan fingerprint density at radius 1 is 1.38 bits per heavy atom. The van der Waals surface area contributed by atoms with Gasteiger partial charge in [-0.15, -0.1) is 0 Å². The Labute approximate surface area is 91.3 Å². The third-order valence-corrected chi connectivity index (χ3v) is 2.20. The molecule has 0 amide bonds. The van der Waals surface area contributed by atoms with E-state index >= 15 is 0 Å². The van der Waals surface area contributed by atoms with Crippen molar-refractivity contribution in [2.45, 2.75) is 6.42 Å². The number of rotatable bonds is 2. The van der Waals surface area contributed by atoms with E-state index in [1.54, 1.807) is 23.0 Å². The molecule has 1 aromatic rings. The smallest absolute Gasteiger partial charge is 0.269 e. The summed E-state index contributed by atoms with van der Waals surface area (Å²) in [6.45, 7) is 0.565. The van der Waals surface area contributed by atoms with Crippen LogP contribution in [-0.4, -0.2) is 28.3 Å². The number of nitro benzene ring substituents is 1. The van der Waals surface area contributed by atoms with E-state index in [1.807, 2.05) is 0 Å². The Bertz CT molecular complexity index is 477. The molecule has 6 nitrogen and oxygen atoms in total. The molecule has 6 heteroatoms. The molecular formula is C10H9N3O3. The van der Waals surface area contributed by atoms with Crippen molar-refractivity contribution in [3.05, 3.63) is 39.9 Å². The molecule has 0 spiro atoms. The fraction of sp³-hybridized carbons (Fsp3) is 0.200. The highest BCUT2D eigenvalue weighted by atomic mass is 16.6. The zero-order valence-corrected chi connectivity index (χ0v) is 8.37. The van der Waals surface area contributed by atoms with Gasteiger partial charge in [-0.05, 0) is 17.2 Å². The van der Waals surface area contributed by atoms with Crippen LogP contribution in [0.1, 0.15) is 12.0 Å². The minimum atomic E-state index is -0.451. The number of benzene rings is 1. The van der Waals surface area contributed by atoms with Gasteiger partial charge in [0, 0.05) is 30.0 Å². The van der Waals surface area contributed by atoms with Crippen LogP contribution < -0.4 is 5.11 Å². The van der Waals surface area contributed by atoms with Crippen LogP contribution in [0, 0.1) is 10.1 Å². The minimum Gasteiger partial charge on any atom is -0.857 e. The molecule has 1 aliphatic heterocycles. The summed E-state index contributed by atoms with van der Waals surface area (Å²) in [6.07, 6.45) is 2.11. The normalized spacial score (nSPS) is 17.5. The van der Waals surface area contributed by atoms with Crippen LogP contribution >= 0.6 is 0 Å². The lowest BCUT2D eigenvalue weighted by atomic mass is 10.2. The quantitative estimate of drug-likeness (QED) is 0.402. The van der Waals surface area contributed by atoms with Crippen molar-refractivity contribution in [2.75, 3.05) is 6.54 Å². The lowest BCUT2D eigenvalue weighted by molar-refractivity contribution is -0.519. The van der Waals surface area contributed by atoms with Crippen molar-refractivity contribution in [1.82, 2.24) is 0 Å². The maximum absolute atomic E-state index is 10.9. The molecule has 0 saturated carbocycles. The van der Waals surface area contributed by atoms with Crippen LogP contribution in [-0.2, 0) is 0 Å². The molecule has 0 N–H and O–H groups in total. The lowest BCUT2D eigenvalue weighted by Crippen LogP contribution is -2.13. The fourth-order valence-electron chi connectivity index (χ4n) is 1.40. The fourth-order valence-corrected chi connectivity index (χ4v) is 1.40. The van der Waals surface area contributed by atoms with E-state index in [0.717, 1.165) is 5.56 Å². The molecule has 0 aromatic heterocycles. The van der Waals surface area contributed by atoms with E-state index in [9.17, 15) is 15.2 Å². The molecular weight excluding hydrogens is 210 g/mol. The average molecular weight is 219 g/mol. The minimum absolute atomic E-state index is 0.0478. The molecule has 82 valence electrons. The van der Waals surface area contributed by atoms with Crippen molar-refractivity contribution < 1.29 is 14.7 Å². The number of hydrazone groups is 1. The third kappa shape index (κ3) is 2.22. The molecule has 0 fully saturated rings. The van der Waals surface area contributed by atoms with Gasteiger partial charge < -0.3 is 5.11 Å². The van der Waals surface area contributed by atoms with Gasteiger partial charge in [0.15, 0.2) is 6.54 Å². The summed E-state index contributed by atoms with van der Waals surface area (Å²) >= 11 is 0. The Balaban J connectivity index is 2.20. The highest BCUT2D eigenvalue weighted by molar-refractivity contribution is 5.77. The number of hydrogen-bond donors (Lipinski definition) is 0.